The molecule has 3 N–H and O–H groups in total. The molecule has 0 radical (unpaired) electrons. The van der Waals surface area contributed by atoms with E-state index in [-0.39, 0.29) is 11.6 Å². The highest BCUT2D eigenvalue weighted by Gasteiger charge is 2.57. The van der Waals surface area contributed by atoms with Crippen LogP contribution in [0.5, 0.6) is 5.88 Å². The number of aromatic nitrogens is 1. The number of aliphatic hydroxyl groups is 1. The van der Waals surface area contributed by atoms with Gasteiger partial charge in [-0.05, 0) is 56.4 Å². The van der Waals surface area contributed by atoms with Crippen LogP contribution in [0.1, 0.15) is 44.2 Å². The molecule has 1 heterocycles. The van der Waals surface area contributed by atoms with Gasteiger partial charge in [-0.1, -0.05) is 6.07 Å². The summed E-state index contributed by atoms with van der Waals surface area (Å²) < 4.78 is 5.10. The topological polar surface area (TPSA) is 83.5 Å². The molecule has 6 heteroatoms. The maximum absolute atomic E-state index is 12.4. The van der Waals surface area contributed by atoms with E-state index in [1.54, 1.807) is 13.2 Å². The second kappa shape index (κ2) is 5.62. The number of carbonyl (C=O) groups excluding carboxylic acids is 1. The van der Waals surface area contributed by atoms with Crippen LogP contribution in [0.4, 0.5) is 4.79 Å². The summed E-state index contributed by atoms with van der Waals surface area (Å²) in [5.74, 6) is 1.64. The molecule has 1 aromatic heterocycles. The van der Waals surface area contributed by atoms with E-state index in [9.17, 15) is 9.90 Å². The van der Waals surface area contributed by atoms with E-state index in [1.807, 2.05) is 12.1 Å². The summed E-state index contributed by atoms with van der Waals surface area (Å²) in [6.07, 6.45) is 5.71. The lowest BCUT2D eigenvalue weighted by Crippen LogP contribution is -2.66. The molecule has 5 rings (SSSR count). The standard InChI is InChI=1S/C18H25N3O3/c1-24-15-4-2-3-14(20-15)10-19-16(22)21-17-6-12-5-13(7-17)9-18(23,8-12)11-17/h2-4,12-13,23H,5-11H2,1H3,(H2,19,21,22). The van der Waals surface area contributed by atoms with Crippen LogP contribution in [0.2, 0.25) is 0 Å². The summed E-state index contributed by atoms with van der Waals surface area (Å²) in [4.78, 5) is 16.7. The van der Waals surface area contributed by atoms with E-state index in [2.05, 4.69) is 15.6 Å². The highest BCUT2D eigenvalue weighted by Crippen LogP contribution is 2.57. The van der Waals surface area contributed by atoms with Crippen LogP contribution >= 0.6 is 0 Å². The van der Waals surface area contributed by atoms with E-state index in [4.69, 9.17) is 4.74 Å². The lowest BCUT2D eigenvalue weighted by Gasteiger charge is -2.60. The number of amides is 2. The van der Waals surface area contributed by atoms with Crippen molar-refractivity contribution < 1.29 is 14.6 Å². The van der Waals surface area contributed by atoms with Gasteiger partial charge in [0.15, 0.2) is 0 Å². The summed E-state index contributed by atoms with van der Waals surface area (Å²) in [7, 11) is 1.57. The fraction of sp³-hybridized carbons (Fsp3) is 0.667. The monoisotopic (exact) mass is 331 g/mol. The van der Waals surface area contributed by atoms with Gasteiger partial charge in [0.1, 0.15) is 0 Å². The summed E-state index contributed by atoms with van der Waals surface area (Å²) in [6.45, 7) is 0.357. The second-order valence-electron chi connectivity index (χ2n) is 7.94. The van der Waals surface area contributed by atoms with E-state index >= 15 is 0 Å². The molecule has 4 fully saturated rings. The molecule has 2 amide bonds. The van der Waals surface area contributed by atoms with Crippen molar-refractivity contribution in [3.05, 3.63) is 23.9 Å². The molecule has 4 aliphatic rings. The van der Waals surface area contributed by atoms with Gasteiger partial charge in [-0.3, -0.25) is 0 Å². The van der Waals surface area contributed by atoms with E-state index in [1.165, 1.54) is 6.42 Å². The number of nitrogens with one attached hydrogen (secondary N) is 2. The fourth-order valence-corrected chi connectivity index (χ4v) is 5.49. The Hall–Kier alpha value is -1.82. The number of ether oxygens (including phenoxy) is 1. The minimum Gasteiger partial charge on any atom is -0.481 e. The lowest BCUT2D eigenvalue weighted by atomic mass is 9.51. The third-order valence-corrected chi connectivity index (χ3v) is 5.83. The summed E-state index contributed by atoms with van der Waals surface area (Å²) in [5.41, 5.74) is -0.0372. The average Bonchev–Trinajstić information content (AvgIpc) is 2.50. The first-order chi connectivity index (χ1) is 11.5. The van der Waals surface area contributed by atoms with Gasteiger partial charge in [0.25, 0.3) is 0 Å². The third-order valence-electron chi connectivity index (χ3n) is 5.83. The minimum absolute atomic E-state index is 0.176. The van der Waals surface area contributed by atoms with Crippen molar-refractivity contribution in [2.45, 2.75) is 56.2 Å². The van der Waals surface area contributed by atoms with Crippen molar-refractivity contribution >= 4 is 6.03 Å². The SMILES string of the molecule is COc1cccc(CNC(=O)NC23CC4CC(CC(O)(C4)C2)C3)n1. The molecule has 6 nitrogen and oxygen atoms in total. The van der Waals surface area contributed by atoms with Gasteiger partial charge in [0.2, 0.25) is 5.88 Å². The Bertz CT molecular complexity index is 634. The van der Waals surface area contributed by atoms with Crippen LogP contribution in [0, 0.1) is 11.8 Å². The van der Waals surface area contributed by atoms with Gasteiger partial charge in [-0.15, -0.1) is 0 Å². The molecule has 1 aromatic rings. The Morgan fingerprint density at radius 2 is 2.08 bits per heavy atom. The third kappa shape index (κ3) is 2.95. The molecule has 24 heavy (non-hydrogen) atoms. The smallest absolute Gasteiger partial charge is 0.315 e. The number of hydrogen-bond acceptors (Lipinski definition) is 4. The average molecular weight is 331 g/mol. The Morgan fingerprint density at radius 3 is 2.75 bits per heavy atom. The zero-order valence-corrected chi connectivity index (χ0v) is 14.0. The van der Waals surface area contributed by atoms with Crippen LogP contribution in [-0.2, 0) is 6.54 Å². The first kappa shape index (κ1) is 15.7. The summed E-state index contributed by atoms with van der Waals surface area (Å²) in [5, 5.41) is 16.8. The number of carbonyl (C=O) groups is 1. The van der Waals surface area contributed by atoms with Crippen molar-refractivity contribution in [2.75, 3.05) is 7.11 Å². The van der Waals surface area contributed by atoms with Crippen molar-refractivity contribution in [3.8, 4) is 5.88 Å². The summed E-state index contributed by atoms with van der Waals surface area (Å²) >= 11 is 0. The lowest BCUT2D eigenvalue weighted by molar-refractivity contribution is -0.139. The number of methoxy groups -OCH3 is 1. The second-order valence-corrected chi connectivity index (χ2v) is 7.94. The molecule has 0 spiro atoms. The number of nitrogens with zero attached hydrogens (tertiary/aromatic N) is 1. The zero-order chi connectivity index (χ0) is 16.8. The number of urea groups is 1. The number of rotatable bonds is 4. The molecule has 2 atom stereocenters. The van der Waals surface area contributed by atoms with Gasteiger partial charge in [0.05, 0.1) is 24.9 Å². The van der Waals surface area contributed by atoms with Crippen molar-refractivity contribution in [1.29, 1.82) is 0 Å². The van der Waals surface area contributed by atoms with Crippen LogP contribution in [0.15, 0.2) is 18.2 Å². The normalized spacial score (nSPS) is 36.4. The molecule has 0 aliphatic heterocycles. The molecule has 4 saturated carbocycles. The Kier molecular flexibility index (Phi) is 3.67. The number of pyridine rings is 1. The predicted molar refractivity (Wildman–Crippen MR) is 88.5 cm³/mol. The first-order valence-electron chi connectivity index (χ1n) is 8.76. The van der Waals surface area contributed by atoms with E-state index in [0.717, 1.165) is 31.4 Å². The molecule has 130 valence electrons. The maximum Gasteiger partial charge on any atom is 0.315 e. The zero-order valence-electron chi connectivity index (χ0n) is 14.0. The van der Waals surface area contributed by atoms with E-state index < -0.39 is 5.60 Å². The van der Waals surface area contributed by atoms with Gasteiger partial charge in [-0.25, -0.2) is 9.78 Å². The Balaban J connectivity index is 1.38. The van der Waals surface area contributed by atoms with Crippen LogP contribution < -0.4 is 15.4 Å². The van der Waals surface area contributed by atoms with Gasteiger partial charge >= 0.3 is 6.03 Å². The van der Waals surface area contributed by atoms with Crippen LogP contribution in [-0.4, -0.2) is 34.4 Å². The largest absolute Gasteiger partial charge is 0.481 e. The van der Waals surface area contributed by atoms with Crippen molar-refractivity contribution in [3.63, 3.8) is 0 Å². The van der Waals surface area contributed by atoms with Gasteiger partial charge in [0, 0.05) is 11.6 Å². The summed E-state index contributed by atoms with van der Waals surface area (Å²) in [6, 6.07) is 5.32. The maximum atomic E-state index is 12.4. The molecule has 0 saturated heterocycles. The first-order valence-corrected chi connectivity index (χ1v) is 8.76. The van der Waals surface area contributed by atoms with Gasteiger partial charge < -0.3 is 20.5 Å². The number of hydrogen-bond donors (Lipinski definition) is 3. The minimum atomic E-state index is -0.564. The highest BCUT2D eigenvalue weighted by atomic mass is 16.5. The molecule has 4 aliphatic carbocycles. The molecule has 2 unspecified atom stereocenters. The Labute approximate surface area is 142 Å². The fourth-order valence-electron chi connectivity index (χ4n) is 5.49. The molecule has 4 bridgehead atoms. The van der Waals surface area contributed by atoms with E-state index in [0.29, 0.717) is 30.7 Å². The molecule has 0 aromatic carbocycles. The molecular formula is C18H25N3O3. The quantitative estimate of drug-likeness (QED) is 0.788. The van der Waals surface area contributed by atoms with Crippen molar-refractivity contribution in [2.24, 2.45) is 11.8 Å². The molecular weight excluding hydrogens is 306 g/mol. The predicted octanol–water partition coefficient (Wildman–Crippen LogP) is 1.97. The van der Waals surface area contributed by atoms with Crippen LogP contribution in [0.3, 0.4) is 0 Å². The van der Waals surface area contributed by atoms with Crippen molar-refractivity contribution in [1.82, 2.24) is 15.6 Å². The Morgan fingerprint density at radius 1 is 1.33 bits per heavy atom. The van der Waals surface area contributed by atoms with Gasteiger partial charge in [-0.2, -0.15) is 0 Å². The highest BCUT2D eigenvalue weighted by molar-refractivity contribution is 5.75. The van der Waals surface area contributed by atoms with Crippen LogP contribution in [0.25, 0.3) is 0 Å².